The number of nitrogens with zero attached hydrogens (tertiary/aromatic N) is 1. The van der Waals surface area contributed by atoms with E-state index in [0.29, 0.717) is 30.8 Å². The number of methoxy groups -OCH3 is 1. The summed E-state index contributed by atoms with van der Waals surface area (Å²) in [5.41, 5.74) is 0.107. The van der Waals surface area contributed by atoms with Crippen LogP contribution in [0, 0.1) is 0 Å². The van der Waals surface area contributed by atoms with E-state index in [1.807, 2.05) is 20.8 Å². The number of rotatable bonds is 5. The van der Waals surface area contributed by atoms with Crippen molar-refractivity contribution < 1.29 is 22.7 Å². The van der Waals surface area contributed by atoms with Gasteiger partial charge in [0.25, 0.3) is 0 Å². The van der Waals surface area contributed by atoms with Crippen LogP contribution in [0.25, 0.3) is 0 Å². The molecule has 1 heterocycles. The van der Waals surface area contributed by atoms with Gasteiger partial charge in [0, 0.05) is 19.1 Å². The lowest BCUT2D eigenvalue weighted by atomic mass is 10.1. The third-order valence-electron chi connectivity index (χ3n) is 3.94. The Labute approximate surface area is 155 Å². The van der Waals surface area contributed by atoms with Crippen molar-refractivity contribution >= 4 is 16.1 Å². The predicted molar refractivity (Wildman–Crippen MR) is 99.6 cm³/mol. The number of carbonyl (C=O) groups excluding carboxylic acids is 1. The monoisotopic (exact) mass is 384 g/mol. The zero-order chi connectivity index (χ0) is 19.4. The maximum atomic E-state index is 12.5. The van der Waals surface area contributed by atoms with Crippen LogP contribution in [-0.2, 0) is 20.5 Å². The van der Waals surface area contributed by atoms with Crippen LogP contribution < -0.4 is 9.46 Å². The van der Waals surface area contributed by atoms with Gasteiger partial charge in [-0.15, -0.1) is 0 Å². The number of amides is 1. The van der Waals surface area contributed by atoms with Gasteiger partial charge in [0.15, 0.2) is 0 Å². The van der Waals surface area contributed by atoms with E-state index in [0.717, 1.165) is 6.42 Å². The summed E-state index contributed by atoms with van der Waals surface area (Å²) in [5.74, 6) is 0.569. The van der Waals surface area contributed by atoms with Crippen molar-refractivity contribution in [1.82, 2.24) is 9.62 Å². The van der Waals surface area contributed by atoms with Crippen LogP contribution >= 0.6 is 0 Å². The fourth-order valence-electron chi connectivity index (χ4n) is 2.80. The van der Waals surface area contributed by atoms with E-state index in [4.69, 9.17) is 9.47 Å². The minimum absolute atomic E-state index is 0.111. The van der Waals surface area contributed by atoms with Crippen LogP contribution in [0.2, 0.25) is 0 Å². The second-order valence-corrected chi connectivity index (χ2v) is 9.24. The van der Waals surface area contributed by atoms with Crippen LogP contribution in [0.3, 0.4) is 0 Å². The molecule has 1 atom stereocenters. The molecule has 1 aliphatic rings. The Morgan fingerprint density at radius 1 is 1.27 bits per heavy atom. The van der Waals surface area contributed by atoms with Crippen molar-refractivity contribution in [2.45, 2.75) is 51.0 Å². The quantitative estimate of drug-likeness (QED) is 0.843. The molecule has 1 amide bonds. The third kappa shape index (κ3) is 6.49. The fraction of sp³-hybridized carbons (Fsp3) is 0.611. The van der Waals surface area contributed by atoms with Crippen molar-refractivity contribution in [2.75, 3.05) is 20.2 Å². The first-order valence-electron chi connectivity index (χ1n) is 8.69. The smallest absolute Gasteiger partial charge is 0.410 e. The van der Waals surface area contributed by atoms with Crippen LogP contribution in [0.1, 0.15) is 39.2 Å². The summed E-state index contributed by atoms with van der Waals surface area (Å²) in [6.45, 7) is 6.32. The molecule has 1 fully saturated rings. The molecule has 2 rings (SSSR count). The first kappa shape index (κ1) is 20.5. The SMILES string of the molecule is COc1ccc(CS(=O)(=O)N[C@@H]2CCCN(C(=O)OC(C)(C)C)C2)cc1. The fourth-order valence-corrected chi connectivity index (χ4v) is 4.22. The molecule has 1 saturated heterocycles. The van der Waals surface area contributed by atoms with Crippen molar-refractivity contribution in [3.63, 3.8) is 0 Å². The Bertz CT molecular complexity index is 710. The molecule has 0 spiro atoms. The molecule has 26 heavy (non-hydrogen) atoms. The van der Waals surface area contributed by atoms with Crippen molar-refractivity contribution in [3.05, 3.63) is 29.8 Å². The highest BCUT2D eigenvalue weighted by atomic mass is 32.2. The van der Waals surface area contributed by atoms with Crippen LogP contribution in [-0.4, -0.2) is 51.3 Å². The van der Waals surface area contributed by atoms with Crippen LogP contribution in [0.5, 0.6) is 5.75 Å². The lowest BCUT2D eigenvalue weighted by molar-refractivity contribution is 0.0195. The van der Waals surface area contributed by atoms with E-state index in [1.54, 1.807) is 36.3 Å². The summed E-state index contributed by atoms with van der Waals surface area (Å²) in [7, 11) is -1.95. The van der Waals surface area contributed by atoms with Crippen LogP contribution in [0.4, 0.5) is 4.79 Å². The number of carbonyl (C=O) groups is 1. The molecular weight excluding hydrogens is 356 g/mol. The second kappa shape index (κ2) is 8.26. The molecule has 0 saturated carbocycles. The summed E-state index contributed by atoms with van der Waals surface area (Å²) < 4.78 is 38.1. The van der Waals surface area contributed by atoms with Gasteiger partial charge in [-0.1, -0.05) is 12.1 Å². The van der Waals surface area contributed by atoms with Gasteiger partial charge in [0.1, 0.15) is 11.4 Å². The van der Waals surface area contributed by atoms with Gasteiger partial charge in [-0.05, 0) is 51.3 Å². The van der Waals surface area contributed by atoms with Crippen molar-refractivity contribution in [3.8, 4) is 5.75 Å². The molecule has 0 radical (unpaired) electrons. The van der Waals surface area contributed by atoms with Gasteiger partial charge in [0.2, 0.25) is 10.0 Å². The van der Waals surface area contributed by atoms with E-state index in [2.05, 4.69) is 4.72 Å². The Morgan fingerprint density at radius 2 is 1.92 bits per heavy atom. The number of piperidine rings is 1. The number of ether oxygens (including phenoxy) is 2. The second-order valence-electron chi connectivity index (χ2n) is 7.49. The highest BCUT2D eigenvalue weighted by Gasteiger charge is 2.29. The van der Waals surface area contributed by atoms with Gasteiger partial charge >= 0.3 is 6.09 Å². The molecule has 1 aromatic carbocycles. The van der Waals surface area contributed by atoms with E-state index in [-0.39, 0.29) is 11.8 Å². The Hall–Kier alpha value is -1.80. The standard InChI is InChI=1S/C18H28N2O5S/c1-18(2,3)25-17(21)20-11-5-6-15(12-20)19-26(22,23)13-14-7-9-16(24-4)10-8-14/h7-10,15,19H,5-6,11-13H2,1-4H3/t15-/m1/s1. The normalized spacial score (nSPS) is 18.5. The highest BCUT2D eigenvalue weighted by molar-refractivity contribution is 7.88. The first-order valence-corrected chi connectivity index (χ1v) is 10.3. The molecular formula is C18H28N2O5S. The number of benzene rings is 1. The maximum Gasteiger partial charge on any atom is 0.410 e. The molecule has 8 heteroatoms. The number of nitrogens with one attached hydrogen (secondary N) is 1. The molecule has 1 aliphatic heterocycles. The Kier molecular flexibility index (Phi) is 6.52. The molecule has 0 aromatic heterocycles. The average molecular weight is 384 g/mol. The van der Waals surface area contributed by atoms with Gasteiger partial charge in [-0.2, -0.15) is 0 Å². The van der Waals surface area contributed by atoms with E-state index >= 15 is 0 Å². The molecule has 1 aromatic rings. The molecule has 146 valence electrons. The summed E-state index contributed by atoms with van der Waals surface area (Å²) >= 11 is 0. The maximum absolute atomic E-state index is 12.5. The zero-order valence-electron chi connectivity index (χ0n) is 15.8. The van der Waals surface area contributed by atoms with Gasteiger partial charge in [0.05, 0.1) is 12.9 Å². The molecule has 1 N–H and O–H groups in total. The number of hydrogen-bond acceptors (Lipinski definition) is 5. The minimum Gasteiger partial charge on any atom is -0.497 e. The molecule has 0 bridgehead atoms. The van der Waals surface area contributed by atoms with E-state index in [9.17, 15) is 13.2 Å². The number of hydrogen-bond donors (Lipinski definition) is 1. The van der Waals surface area contributed by atoms with Gasteiger partial charge in [-0.3, -0.25) is 0 Å². The zero-order valence-corrected chi connectivity index (χ0v) is 16.6. The lowest BCUT2D eigenvalue weighted by Crippen LogP contribution is -2.50. The van der Waals surface area contributed by atoms with Crippen molar-refractivity contribution in [1.29, 1.82) is 0 Å². The minimum atomic E-state index is -3.51. The van der Waals surface area contributed by atoms with Crippen LogP contribution in [0.15, 0.2) is 24.3 Å². The Balaban J connectivity index is 1.94. The third-order valence-corrected chi connectivity index (χ3v) is 5.34. The summed E-state index contributed by atoms with van der Waals surface area (Å²) in [6.07, 6.45) is 1.02. The molecule has 7 nitrogen and oxygen atoms in total. The number of likely N-dealkylation sites (tertiary alicyclic amines) is 1. The summed E-state index contributed by atoms with van der Waals surface area (Å²) in [5, 5.41) is 0. The largest absolute Gasteiger partial charge is 0.497 e. The Morgan fingerprint density at radius 3 is 2.50 bits per heavy atom. The van der Waals surface area contributed by atoms with E-state index in [1.165, 1.54) is 0 Å². The highest BCUT2D eigenvalue weighted by Crippen LogP contribution is 2.17. The average Bonchev–Trinajstić information content (AvgIpc) is 2.53. The predicted octanol–water partition coefficient (Wildman–Crippen LogP) is 2.51. The molecule has 0 unspecified atom stereocenters. The number of sulfonamides is 1. The van der Waals surface area contributed by atoms with Gasteiger partial charge in [-0.25, -0.2) is 17.9 Å². The van der Waals surface area contributed by atoms with E-state index < -0.39 is 21.7 Å². The van der Waals surface area contributed by atoms with Gasteiger partial charge < -0.3 is 14.4 Å². The first-order chi connectivity index (χ1) is 12.1. The topological polar surface area (TPSA) is 84.9 Å². The summed E-state index contributed by atoms with van der Waals surface area (Å²) in [6, 6.07) is 6.61. The lowest BCUT2D eigenvalue weighted by Gasteiger charge is -2.34. The summed E-state index contributed by atoms with van der Waals surface area (Å²) in [4.78, 5) is 13.8. The molecule has 0 aliphatic carbocycles. The van der Waals surface area contributed by atoms with Crippen molar-refractivity contribution in [2.24, 2.45) is 0 Å².